The van der Waals surface area contributed by atoms with E-state index < -0.39 is 0 Å². The van der Waals surface area contributed by atoms with Gasteiger partial charge in [-0.2, -0.15) is 0 Å². The predicted molar refractivity (Wildman–Crippen MR) is 62.5 cm³/mol. The van der Waals surface area contributed by atoms with Crippen LogP contribution in [0.3, 0.4) is 0 Å². The Balaban J connectivity index is 1.96. The van der Waals surface area contributed by atoms with E-state index in [9.17, 15) is 5.11 Å². The normalized spacial score (nSPS) is 23.1. The first-order valence-electron chi connectivity index (χ1n) is 4.87. The van der Waals surface area contributed by atoms with Gasteiger partial charge in [0.15, 0.2) is 0 Å². The summed E-state index contributed by atoms with van der Waals surface area (Å²) in [7, 11) is 0. The van der Waals surface area contributed by atoms with Crippen LogP contribution >= 0.6 is 27.3 Å². The van der Waals surface area contributed by atoms with Crippen LogP contribution in [0.15, 0.2) is 15.9 Å². The molecule has 2 rings (SSSR count). The van der Waals surface area contributed by atoms with Crippen LogP contribution in [0.1, 0.15) is 17.7 Å². The Hall–Kier alpha value is 0.1000. The van der Waals surface area contributed by atoms with Gasteiger partial charge < -0.3 is 5.11 Å². The minimum Gasteiger partial charge on any atom is -0.395 e. The number of aliphatic hydroxyl groups excluding tert-OH is 1. The van der Waals surface area contributed by atoms with Crippen LogP contribution in [0, 0.1) is 0 Å². The molecule has 1 fully saturated rings. The maximum atomic E-state index is 9.17. The van der Waals surface area contributed by atoms with Crippen molar-refractivity contribution in [3.05, 3.63) is 20.8 Å². The second-order valence-corrected chi connectivity index (χ2v) is 5.59. The van der Waals surface area contributed by atoms with Crippen molar-refractivity contribution >= 4 is 27.3 Å². The molecule has 1 aromatic heterocycles. The summed E-state index contributed by atoms with van der Waals surface area (Å²) >= 11 is 5.23. The van der Waals surface area contributed by atoms with Crippen LogP contribution < -0.4 is 0 Å². The average molecular weight is 276 g/mol. The molecule has 0 bridgehead atoms. The number of rotatable bonds is 3. The lowest BCUT2D eigenvalue weighted by Crippen LogP contribution is -2.31. The van der Waals surface area contributed by atoms with E-state index in [0.717, 1.165) is 24.0 Å². The lowest BCUT2D eigenvalue weighted by atomic mass is 10.2. The van der Waals surface area contributed by atoms with E-state index in [4.69, 9.17) is 0 Å². The van der Waals surface area contributed by atoms with E-state index in [0.29, 0.717) is 12.6 Å². The van der Waals surface area contributed by atoms with Crippen LogP contribution in [0.5, 0.6) is 0 Å². The summed E-state index contributed by atoms with van der Waals surface area (Å²) in [6, 6.07) is 2.55. The molecule has 1 atom stereocenters. The van der Waals surface area contributed by atoms with Crippen molar-refractivity contribution in [3.63, 3.8) is 0 Å². The van der Waals surface area contributed by atoms with Gasteiger partial charge in [0.1, 0.15) is 0 Å². The largest absolute Gasteiger partial charge is 0.395 e. The molecule has 0 saturated carbocycles. The summed E-state index contributed by atoms with van der Waals surface area (Å²) in [6.07, 6.45) is 2.36. The molecule has 14 heavy (non-hydrogen) atoms. The molecular formula is C10H14BrNOS. The van der Waals surface area contributed by atoms with Crippen LogP contribution in [-0.4, -0.2) is 29.2 Å². The number of nitrogens with zero attached hydrogens (tertiary/aromatic N) is 1. The number of hydrogen-bond donors (Lipinski definition) is 1. The minimum absolute atomic E-state index is 0.298. The highest BCUT2D eigenvalue weighted by molar-refractivity contribution is 9.10. The van der Waals surface area contributed by atoms with Crippen molar-refractivity contribution in [2.24, 2.45) is 0 Å². The van der Waals surface area contributed by atoms with E-state index in [1.165, 1.54) is 11.3 Å². The van der Waals surface area contributed by atoms with Gasteiger partial charge in [0.05, 0.1) is 6.61 Å². The van der Waals surface area contributed by atoms with E-state index in [1.807, 2.05) is 0 Å². The van der Waals surface area contributed by atoms with Crippen LogP contribution in [0.4, 0.5) is 0 Å². The standard InChI is InChI=1S/C10H14BrNOS/c11-8-4-10(14-7-8)5-12-3-1-2-9(12)6-13/h4,7,9,13H,1-3,5-6H2/t9-/m0/s1. The summed E-state index contributed by atoms with van der Waals surface area (Å²) < 4.78 is 1.16. The first-order valence-corrected chi connectivity index (χ1v) is 6.54. The molecular weight excluding hydrogens is 262 g/mol. The minimum atomic E-state index is 0.298. The quantitative estimate of drug-likeness (QED) is 0.916. The van der Waals surface area contributed by atoms with Gasteiger partial charge in [0, 0.05) is 27.3 Å². The van der Waals surface area contributed by atoms with Crippen molar-refractivity contribution in [1.82, 2.24) is 4.90 Å². The number of thiophene rings is 1. The lowest BCUT2D eigenvalue weighted by molar-refractivity contribution is 0.154. The Morgan fingerprint density at radius 1 is 1.64 bits per heavy atom. The molecule has 0 amide bonds. The number of aliphatic hydroxyl groups is 1. The summed E-state index contributed by atoms with van der Waals surface area (Å²) in [5.41, 5.74) is 0. The van der Waals surface area contributed by atoms with Gasteiger partial charge >= 0.3 is 0 Å². The van der Waals surface area contributed by atoms with Crippen molar-refractivity contribution in [3.8, 4) is 0 Å². The van der Waals surface area contributed by atoms with Gasteiger partial charge in [0.2, 0.25) is 0 Å². The Morgan fingerprint density at radius 2 is 2.50 bits per heavy atom. The summed E-state index contributed by atoms with van der Waals surface area (Å²) in [5.74, 6) is 0. The topological polar surface area (TPSA) is 23.5 Å². The fourth-order valence-electron chi connectivity index (χ4n) is 1.95. The molecule has 0 aromatic carbocycles. The van der Waals surface area contributed by atoms with E-state index in [1.54, 1.807) is 11.3 Å². The summed E-state index contributed by atoms with van der Waals surface area (Å²) in [6.45, 7) is 2.41. The Bertz CT molecular complexity index is 302. The highest BCUT2D eigenvalue weighted by atomic mass is 79.9. The molecule has 1 aromatic rings. The highest BCUT2D eigenvalue weighted by Crippen LogP contribution is 2.25. The molecule has 0 spiro atoms. The maximum absolute atomic E-state index is 9.17. The average Bonchev–Trinajstić information content (AvgIpc) is 2.76. The first kappa shape index (κ1) is 10.6. The fourth-order valence-corrected chi connectivity index (χ4v) is 3.42. The second-order valence-electron chi connectivity index (χ2n) is 3.68. The van der Waals surface area contributed by atoms with Crippen molar-refractivity contribution < 1.29 is 5.11 Å². The molecule has 2 nitrogen and oxygen atoms in total. The molecule has 1 aliphatic rings. The molecule has 78 valence electrons. The maximum Gasteiger partial charge on any atom is 0.0587 e. The van der Waals surface area contributed by atoms with E-state index in [-0.39, 0.29) is 0 Å². The molecule has 0 aliphatic carbocycles. The summed E-state index contributed by atoms with van der Waals surface area (Å²) in [5, 5.41) is 11.3. The monoisotopic (exact) mass is 275 g/mol. The van der Waals surface area contributed by atoms with Crippen LogP contribution in [0.25, 0.3) is 0 Å². The third-order valence-corrected chi connectivity index (χ3v) is 4.37. The van der Waals surface area contributed by atoms with Gasteiger partial charge in [-0.15, -0.1) is 11.3 Å². The number of hydrogen-bond acceptors (Lipinski definition) is 3. The van der Waals surface area contributed by atoms with Crippen LogP contribution in [-0.2, 0) is 6.54 Å². The van der Waals surface area contributed by atoms with Crippen molar-refractivity contribution in [2.45, 2.75) is 25.4 Å². The molecule has 1 N–H and O–H groups in total. The Morgan fingerprint density at radius 3 is 3.14 bits per heavy atom. The van der Waals surface area contributed by atoms with Gasteiger partial charge in [-0.1, -0.05) is 0 Å². The third-order valence-electron chi connectivity index (χ3n) is 2.69. The Kier molecular flexibility index (Phi) is 3.60. The molecule has 1 aliphatic heterocycles. The van der Waals surface area contributed by atoms with Crippen LogP contribution in [0.2, 0.25) is 0 Å². The van der Waals surface area contributed by atoms with Gasteiger partial charge in [0.25, 0.3) is 0 Å². The smallest absolute Gasteiger partial charge is 0.0587 e. The fraction of sp³-hybridized carbons (Fsp3) is 0.600. The second kappa shape index (κ2) is 4.75. The zero-order valence-corrected chi connectivity index (χ0v) is 10.4. The zero-order chi connectivity index (χ0) is 9.97. The molecule has 1 saturated heterocycles. The van der Waals surface area contributed by atoms with Gasteiger partial charge in [-0.3, -0.25) is 4.90 Å². The molecule has 0 radical (unpaired) electrons. The predicted octanol–water partition coefficient (Wildman–Crippen LogP) is 2.47. The van der Waals surface area contributed by atoms with Gasteiger partial charge in [-0.25, -0.2) is 0 Å². The van der Waals surface area contributed by atoms with Crippen molar-refractivity contribution in [1.29, 1.82) is 0 Å². The lowest BCUT2D eigenvalue weighted by Gasteiger charge is -2.21. The zero-order valence-electron chi connectivity index (χ0n) is 7.95. The molecule has 4 heteroatoms. The van der Waals surface area contributed by atoms with Gasteiger partial charge in [-0.05, 0) is 41.4 Å². The van der Waals surface area contributed by atoms with E-state index in [2.05, 4.69) is 32.3 Å². The highest BCUT2D eigenvalue weighted by Gasteiger charge is 2.23. The number of likely N-dealkylation sites (tertiary alicyclic amines) is 1. The Labute approximate surface area is 96.7 Å². The SMILES string of the molecule is OC[C@@H]1CCCN1Cc1cc(Br)cs1. The molecule has 0 unspecified atom stereocenters. The molecule has 2 heterocycles. The van der Waals surface area contributed by atoms with Crippen molar-refractivity contribution in [2.75, 3.05) is 13.2 Å². The third kappa shape index (κ3) is 2.37. The first-order chi connectivity index (χ1) is 6.79. The number of halogens is 1. The summed E-state index contributed by atoms with van der Waals surface area (Å²) in [4.78, 5) is 3.75. The van der Waals surface area contributed by atoms with E-state index >= 15 is 0 Å².